The second-order valence-corrected chi connectivity index (χ2v) is 5.08. The van der Waals surface area contributed by atoms with Gasteiger partial charge in [-0.1, -0.05) is 12.1 Å². The summed E-state index contributed by atoms with van der Waals surface area (Å²) in [4.78, 5) is 25.1. The third kappa shape index (κ3) is 4.75. The molecule has 0 heterocycles. The minimum atomic E-state index is -4.62. The van der Waals surface area contributed by atoms with Gasteiger partial charge in [-0.3, -0.25) is 9.59 Å². The summed E-state index contributed by atoms with van der Waals surface area (Å²) in [6.45, 7) is 4.98. The Bertz CT molecular complexity index is 542. The molecule has 1 aromatic carbocycles. The van der Waals surface area contributed by atoms with E-state index in [2.05, 4.69) is 5.32 Å². The first kappa shape index (κ1) is 18.0. The molecule has 0 aliphatic rings. The van der Waals surface area contributed by atoms with Crippen LogP contribution in [0.1, 0.15) is 36.7 Å². The number of hydrogen-bond acceptors (Lipinski definition) is 2. The molecule has 1 N–H and O–H groups in total. The molecule has 0 aliphatic carbocycles. The maximum Gasteiger partial charge on any atom is 0.417 e. The van der Waals surface area contributed by atoms with Crippen LogP contribution >= 0.6 is 0 Å². The van der Waals surface area contributed by atoms with Gasteiger partial charge >= 0.3 is 6.18 Å². The van der Waals surface area contributed by atoms with Gasteiger partial charge in [0.05, 0.1) is 17.7 Å². The van der Waals surface area contributed by atoms with Crippen molar-refractivity contribution in [2.75, 3.05) is 13.1 Å². The van der Waals surface area contributed by atoms with Crippen LogP contribution in [0.5, 0.6) is 0 Å². The highest BCUT2D eigenvalue weighted by molar-refractivity contribution is 5.98. The van der Waals surface area contributed by atoms with Gasteiger partial charge in [0.2, 0.25) is 5.91 Å². The number of nitrogens with zero attached hydrogens (tertiary/aromatic N) is 1. The van der Waals surface area contributed by atoms with Crippen LogP contribution in [0.15, 0.2) is 24.3 Å². The van der Waals surface area contributed by atoms with Crippen molar-refractivity contribution in [3.63, 3.8) is 0 Å². The summed E-state index contributed by atoms with van der Waals surface area (Å²) in [5.41, 5.74) is -1.45. The van der Waals surface area contributed by atoms with Gasteiger partial charge in [0.25, 0.3) is 5.91 Å². The lowest BCUT2D eigenvalue weighted by Crippen LogP contribution is -2.43. The summed E-state index contributed by atoms with van der Waals surface area (Å²) in [6, 6.07) is 4.46. The van der Waals surface area contributed by atoms with Crippen LogP contribution < -0.4 is 5.32 Å². The molecule has 0 aliphatic heterocycles. The average molecular weight is 316 g/mol. The van der Waals surface area contributed by atoms with E-state index in [0.717, 1.165) is 17.0 Å². The van der Waals surface area contributed by atoms with Crippen molar-refractivity contribution in [2.45, 2.75) is 33.0 Å². The van der Waals surface area contributed by atoms with Crippen molar-refractivity contribution >= 4 is 11.8 Å². The lowest BCUT2D eigenvalue weighted by molar-refractivity contribution is -0.138. The molecule has 7 heteroatoms. The van der Waals surface area contributed by atoms with E-state index in [0.29, 0.717) is 0 Å². The van der Waals surface area contributed by atoms with Crippen LogP contribution in [0.4, 0.5) is 13.2 Å². The minimum Gasteiger partial charge on any atom is -0.352 e. The fourth-order valence-electron chi connectivity index (χ4n) is 1.96. The fourth-order valence-corrected chi connectivity index (χ4v) is 1.96. The molecule has 0 unspecified atom stereocenters. The van der Waals surface area contributed by atoms with Crippen molar-refractivity contribution < 1.29 is 22.8 Å². The number of carbonyl (C=O) groups is 2. The predicted octanol–water partition coefficient (Wildman–Crippen LogP) is 2.69. The topological polar surface area (TPSA) is 49.4 Å². The molecule has 22 heavy (non-hydrogen) atoms. The third-order valence-corrected chi connectivity index (χ3v) is 2.92. The van der Waals surface area contributed by atoms with Gasteiger partial charge in [-0.05, 0) is 32.9 Å². The molecular formula is C15H19F3N2O2. The number of carbonyl (C=O) groups excluding carboxylic acids is 2. The summed E-state index contributed by atoms with van der Waals surface area (Å²) in [5, 5.41) is 2.60. The SMILES string of the molecule is CCN(CC(=O)NC(C)C)C(=O)c1ccccc1C(F)(F)F. The largest absolute Gasteiger partial charge is 0.417 e. The Labute approximate surface area is 127 Å². The Hall–Kier alpha value is -2.05. The molecule has 0 aromatic heterocycles. The molecule has 2 amide bonds. The smallest absolute Gasteiger partial charge is 0.352 e. The normalized spacial score (nSPS) is 11.4. The van der Waals surface area contributed by atoms with Gasteiger partial charge in [0.1, 0.15) is 0 Å². The zero-order valence-electron chi connectivity index (χ0n) is 12.7. The van der Waals surface area contributed by atoms with E-state index in [-0.39, 0.29) is 19.1 Å². The van der Waals surface area contributed by atoms with Gasteiger partial charge < -0.3 is 10.2 Å². The Balaban J connectivity index is 3.01. The molecule has 1 rings (SSSR count). The molecule has 0 bridgehead atoms. The highest BCUT2D eigenvalue weighted by atomic mass is 19.4. The van der Waals surface area contributed by atoms with Crippen LogP contribution in [0.25, 0.3) is 0 Å². The van der Waals surface area contributed by atoms with Crippen molar-refractivity contribution in [3.05, 3.63) is 35.4 Å². The van der Waals surface area contributed by atoms with Crippen molar-refractivity contribution in [1.82, 2.24) is 10.2 Å². The van der Waals surface area contributed by atoms with Crippen LogP contribution in [-0.2, 0) is 11.0 Å². The van der Waals surface area contributed by atoms with E-state index in [1.54, 1.807) is 20.8 Å². The van der Waals surface area contributed by atoms with E-state index >= 15 is 0 Å². The fraction of sp³-hybridized carbons (Fsp3) is 0.467. The zero-order valence-corrected chi connectivity index (χ0v) is 12.7. The Morgan fingerprint density at radius 1 is 1.23 bits per heavy atom. The number of benzene rings is 1. The minimum absolute atomic E-state index is 0.108. The Morgan fingerprint density at radius 2 is 1.82 bits per heavy atom. The van der Waals surface area contributed by atoms with E-state index in [9.17, 15) is 22.8 Å². The lowest BCUT2D eigenvalue weighted by Gasteiger charge is -2.23. The highest BCUT2D eigenvalue weighted by Crippen LogP contribution is 2.32. The molecule has 0 atom stereocenters. The van der Waals surface area contributed by atoms with Gasteiger partial charge in [-0.15, -0.1) is 0 Å². The molecule has 0 saturated carbocycles. The average Bonchev–Trinajstić information content (AvgIpc) is 2.42. The van der Waals surface area contributed by atoms with E-state index in [1.807, 2.05) is 0 Å². The van der Waals surface area contributed by atoms with Gasteiger partial charge in [-0.25, -0.2) is 0 Å². The molecule has 0 radical (unpaired) electrons. The quantitative estimate of drug-likeness (QED) is 0.908. The maximum atomic E-state index is 13.0. The second-order valence-electron chi connectivity index (χ2n) is 5.08. The zero-order chi connectivity index (χ0) is 16.9. The number of hydrogen-bond donors (Lipinski definition) is 1. The molecule has 0 saturated heterocycles. The summed E-state index contributed by atoms with van der Waals surface area (Å²) in [6.07, 6.45) is -4.62. The van der Waals surface area contributed by atoms with E-state index in [4.69, 9.17) is 0 Å². The van der Waals surface area contributed by atoms with E-state index < -0.39 is 29.1 Å². The number of nitrogens with one attached hydrogen (secondary N) is 1. The van der Waals surface area contributed by atoms with Crippen LogP contribution in [0.3, 0.4) is 0 Å². The number of rotatable bonds is 5. The molecule has 122 valence electrons. The molecule has 0 spiro atoms. The molecule has 4 nitrogen and oxygen atoms in total. The first-order valence-electron chi connectivity index (χ1n) is 6.91. The number of alkyl halides is 3. The molecule has 1 aromatic rings. The van der Waals surface area contributed by atoms with Crippen molar-refractivity contribution in [2.24, 2.45) is 0 Å². The van der Waals surface area contributed by atoms with Gasteiger partial charge in [0, 0.05) is 12.6 Å². The van der Waals surface area contributed by atoms with Crippen LogP contribution in [0, 0.1) is 0 Å². The lowest BCUT2D eigenvalue weighted by atomic mass is 10.1. The Kier molecular flexibility index (Phi) is 5.96. The van der Waals surface area contributed by atoms with Crippen molar-refractivity contribution in [3.8, 4) is 0 Å². The van der Waals surface area contributed by atoms with Crippen LogP contribution in [-0.4, -0.2) is 35.8 Å². The van der Waals surface area contributed by atoms with Gasteiger partial charge in [-0.2, -0.15) is 13.2 Å². The first-order chi connectivity index (χ1) is 10.2. The van der Waals surface area contributed by atoms with Gasteiger partial charge in [0.15, 0.2) is 0 Å². The maximum absolute atomic E-state index is 13.0. The van der Waals surface area contributed by atoms with Crippen molar-refractivity contribution in [1.29, 1.82) is 0 Å². The monoisotopic (exact) mass is 316 g/mol. The molecular weight excluding hydrogens is 297 g/mol. The van der Waals surface area contributed by atoms with E-state index in [1.165, 1.54) is 12.1 Å². The summed E-state index contributed by atoms with van der Waals surface area (Å²) in [5.74, 6) is -1.22. The highest BCUT2D eigenvalue weighted by Gasteiger charge is 2.35. The number of halogens is 3. The first-order valence-corrected chi connectivity index (χ1v) is 6.91. The number of likely N-dealkylation sites (N-methyl/N-ethyl adjacent to an activating group) is 1. The number of amides is 2. The second kappa shape index (κ2) is 7.29. The third-order valence-electron chi connectivity index (χ3n) is 2.92. The standard InChI is InChI=1S/C15H19F3N2O2/c1-4-20(9-13(21)19-10(2)3)14(22)11-7-5-6-8-12(11)15(16,17)18/h5-8,10H,4,9H2,1-3H3,(H,19,21). The summed E-state index contributed by atoms with van der Waals surface area (Å²) < 4.78 is 38.9. The summed E-state index contributed by atoms with van der Waals surface area (Å²) >= 11 is 0. The summed E-state index contributed by atoms with van der Waals surface area (Å²) in [7, 11) is 0. The predicted molar refractivity (Wildman–Crippen MR) is 76.3 cm³/mol. The Morgan fingerprint density at radius 3 is 2.32 bits per heavy atom. The molecule has 0 fully saturated rings. The van der Waals surface area contributed by atoms with Crippen LogP contribution in [0.2, 0.25) is 0 Å².